The van der Waals surface area contributed by atoms with Crippen LogP contribution in [0.15, 0.2) is 211 Å². The maximum absolute atomic E-state index is 9.55. The quantitative estimate of drug-likeness (QED) is 0.158. The van der Waals surface area contributed by atoms with Gasteiger partial charge in [0.25, 0.3) is 0 Å². The van der Waals surface area contributed by atoms with Gasteiger partial charge < -0.3 is 8.98 Å². The van der Waals surface area contributed by atoms with E-state index in [2.05, 4.69) is 83.4 Å². The van der Waals surface area contributed by atoms with E-state index >= 15 is 0 Å². The molecule has 0 radical (unpaired) electrons. The van der Waals surface area contributed by atoms with Crippen LogP contribution < -0.4 is 0 Å². The van der Waals surface area contributed by atoms with Gasteiger partial charge in [0.15, 0.2) is 17.5 Å². The fraction of sp³-hybridized carbons (Fsp3) is 0. The number of hydrogen-bond acceptors (Lipinski definition) is 6. The van der Waals surface area contributed by atoms with Gasteiger partial charge in [0, 0.05) is 38.2 Å². The van der Waals surface area contributed by atoms with E-state index in [1.165, 1.54) is 0 Å². The molecule has 306 valence electrons. The molecule has 66 heavy (non-hydrogen) atoms. The Balaban J connectivity index is 1.16. The molecule has 3 aromatic heterocycles. The Morgan fingerprint density at radius 1 is 0.364 bits per heavy atom. The molecule has 12 aromatic rings. The first-order valence-electron chi connectivity index (χ1n) is 21.6. The van der Waals surface area contributed by atoms with Gasteiger partial charge in [-0.15, -0.1) is 0 Å². The van der Waals surface area contributed by atoms with Crippen molar-refractivity contribution < 1.29 is 4.42 Å². The molecule has 0 spiro atoms. The standard InChI is InChI=1S/C59H34N6O/c60-35-37-18-22-39(23-19-37)43-26-29-51-48(32-43)49-33-44(40-24-20-38(36-61)21-25-40)27-30-52(49)65(51)53-31-28-45(46-15-9-17-55-56(46)47-14-7-8-16-54(47)66-55)34-50(53)59-63-57(41-10-3-1-4-11-41)62-58(64-59)42-12-5-2-6-13-42/h1-34H. The summed E-state index contributed by atoms with van der Waals surface area (Å²) in [5.41, 5.74) is 14.5. The molecule has 0 aliphatic rings. The molecule has 0 aliphatic heterocycles. The number of benzene rings is 9. The number of para-hydroxylation sites is 1. The highest BCUT2D eigenvalue weighted by molar-refractivity contribution is 6.14. The number of hydrogen-bond donors (Lipinski definition) is 0. The van der Waals surface area contributed by atoms with E-state index in [0.717, 1.165) is 99.5 Å². The highest BCUT2D eigenvalue weighted by atomic mass is 16.3. The lowest BCUT2D eigenvalue weighted by Crippen LogP contribution is -2.04. The topological polar surface area (TPSA) is 104 Å². The zero-order valence-electron chi connectivity index (χ0n) is 35.2. The molecule has 0 unspecified atom stereocenters. The first-order valence-corrected chi connectivity index (χ1v) is 21.6. The van der Waals surface area contributed by atoms with Crippen LogP contribution in [0.25, 0.3) is 117 Å². The lowest BCUT2D eigenvalue weighted by Gasteiger charge is -2.17. The van der Waals surface area contributed by atoms with E-state index in [0.29, 0.717) is 28.6 Å². The van der Waals surface area contributed by atoms with Crippen LogP contribution in [0.1, 0.15) is 11.1 Å². The molecule has 0 aliphatic carbocycles. The van der Waals surface area contributed by atoms with Crippen molar-refractivity contribution in [3.63, 3.8) is 0 Å². The van der Waals surface area contributed by atoms with E-state index in [1.807, 2.05) is 140 Å². The predicted molar refractivity (Wildman–Crippen MR) is 263 cm³/mol. The number of aromatic nitrogens is 4. The summed E-state index contributed by atoms with van der Waals surface area (Å²) in [5, 5.41) is 23.3. The zero-order valence-corrected chi connectivity index (χ0v) is 35.2. The summed E-state index contributed by atoms with van der Waals surface area (Å²) in [5.74, 6) is 1.67. The van der Waals surface area contributed by atoms with Crippen molar-refractivity contribution in [1.82, 2.24) is 19.5 Å². The second-order valence-corrected chi connectivity index (χ2v) is 16.2. The van der Waals surface area contributed by atoms with Crippen molar-refractivity contribution in [1.29, 1.82) is 10.5 Å². The van der Waals surface area contributed by atoms with E-state index < -0.39 is 0 Å². The molecule has 0 saturated heterocycles. The monoisotopic (exact) mass is 842 g/mol. The summed E-state index contributed by atoms with van der Waals surface area (Å²) in [6, 6.07) is 74.1. The normalized spacial score (nSPS) is 11.3. The maximum Gasteiger partial charge on any atom is 0.166 e. The van der Waals surface area contributed by atoms with Crippen molar-refractivity contribution in [2.45, 2.75) is 0 Å². The van der Waals surface area contributed by atoms with Crippen LogP contribution in [0.3, 0.4) is 0 Å². The molecule has 0 amide bonds. The molecule has 0 saturated carbocycles. The van der Waals surface area contributed by atoms with Gasteiger partial charge in [-0.05, 0) is 106 Å². The minimum absolute atomic E-state index is 0.530. The molecule has 0 N–H and O–H groups in total. The third kappa shape index (κ3) is 6.55. The van der Waals surface area contributed by atoms with Crippen LogP contribution in [0.5, 0.6) is 0 Å². The average molecular weight is 843 g/mol. The highest BCUT2D eigenvalue weighted by Gasteiger charge is 2.22. The first kappa shape index (κ1) is 38.3. The molecule has 7 heteroatoms. The summed E-state index contributed by atoms with van der Waals surface area (Å²) in [4.78, 5) is 15.7. The summed E-state index contributed by atoms with van der Waals surface area (Å²) in [6.07, 6.45) is 0. The Bertz CT molecular complexity index is 3760. The summed E-state index contributed by atoms with van der Waals surface area (Å²) in [7, 11) is 0. The van der Waals surface area contributed by atoms with Gasteiger partial charge in [-0.25, -0.2) is 15.0 Å². The van der Waals surface area contributed by atoms with Crippen molar-refractivity contribution >= 4 is 43.7 Å². The van der Waals surface area contributed by atoms with Crippen LogP contribution in [-0.4, -0.2) is 19.5 Å². The van der Waals surface area contributed by atoms with Gasteiger partial charge in [-0.1, -0.05) is 133 Å². The van der Waals surface area contributed by atoms with Gasteiger partial charge in [0.1, 0.15) is 11.2 Å². The molecule has 9 aromatic carbocycles. The molecular formula is C59H34N6O. The highest BCUT2D eigenvalue weighted by Crippen LogP contribution is 2.43. The van der Waals surface area contributed by atoms with Crippen LogP contribution in [0.4, 0.5) is 0 Å². The van der Waals surface area contributed by atoms with Gasteiger partial charge in [-0.2, -0.15) is 10.5 Å². The second-order valence-electron chi connectivity index (χ2n) is 16.2. The van der Waals surface area contributed by atoms with Gasteiger partial charge in [-0.3, -0.25) is 0 Å². The Morgan fingerprint density at radius 3 is 1.44 bits per heavy atom. The lowest BCUT2D eigenvalue weighted by molar-refractivity contribution is 0.669. The largest absolute Gasteiger partial charge is 0.456 e. The maximum atomic E-state index is 9.55. The predicted octanol–water partition coefficient (Wildman–Crippen LogP) is 14.6. The van der Waals surface area contributed by atoms with Crippen molar-refractivity contribution in [2.75, 3.05) is 0 Å². The number of nitriles is 2. The van der Waals surface area contributed by atoms with Gasteiger partial charge >= 0.3 is 0 Å². The number of nitrogens with zero attached hydrogens (tertiary/aromatic N) is 6. The smallest absolute Gasteiger partial charge is 0.166 e. The SMILES string of the molecule is N#Cc1ccc(-c2ccc3c(c2)c2cc(-c4ccc(C#N)cc4)ccc2n3-c2ccc(-c3cccc4oc5ccccc5c34)cc2-c2nc(-c3ccccc3)nc(-c3ccccc3)n2)cc1. The molecule has 3 heterocycles. The Morgan fingerprint density at radius 2 is 0.864 bits per heavy atom. The van der Waals surface area contributed by atoms with Crippen molar-refractivity contribution in [3.05, 3.63) is 217 Å². The van der Waals surface area contributed by atoms with Crippen LogP contribution >= 0.6 is 0 Å². The number of rotatable bonds is 7. The summed E-state index contributed by atoms with van der Waals surface area (Å²) in [6.45, 7) is 0. The summed E-state index contributed by atoms with van der Waals surface area (Å²) >= 11 is 0. The zero-order chi connectivity index (χ0) is 44.1. The molecule has 12 rings (SSSR count). The molecular weight excluding hydrogens is 809 g/mol. The minimum Gasteiger partial charge on any atom is -0.456 e. The Kier molecular flexibility index (Phi) is 9.12. The third-order valence-electron chi connectivity index (χ3n) is 12.4. The second kappa shape index (κ2) is 15.7. The van der Waals surface area contributed by atoms with Crippen LogP contribution in [-0.2, 0) is 0 Å². The van der Waals surface area contributed by atoms with E-state index in [4.69, 9.17) is 19.4 Å². The van der Waals surface area contributed by atoms with Crippen molar-refractivity contribution in [2.24, 2.45) is 0 Å². The van der Waals surface area contributed by atoms with E-state index in [-0.39, 0.29) is 0 Å². The molecule has 0 atom stereocenters. The van der Waals surface area contributed by atoms with Gasteiger partial charge in [0.2, 0.25) is 0 Å². The Labute approximate surface area is 379 Å². The third-order valence-corrected chi connectivity index (χ3v) is 12.4. The fourth-order valence-electron chi connectivity index (χ4n) is 9.14. The number of furan rings is 1. The molecule has 0 bridgehead atoms. The summed E-state index contributed by atoms with van der Waals surface area (Å²) < 4.78 is 8.69. The fourth-order valence-corrected chi connectivity index (χ4v) is 9.14. The van der Waals surface area contributed by atoms with E-state index in [1.54, 1.807) is 0 Å². The number of fused-ring (bicyclic) bond motifs is 6. The van der Waals surface area contributed by atoms with Crippen LogP contribution in [0.2, 0.25) is 0 Å². The Hall–Kier alpha value is -9.43. The van der Waals surface area contributed by atoms with Crippen LogP contribution in [0, 0.1) is 22.7 Å². The molecule has 7 nitrogen and oxygen atoms in total. The van der Waals surface area contributed by atoms with Gasteiger partial charge in [0.05, 0.1) is 40.0 Å². The average Bonchev–Trinajstić information content (AvgIpc) is 3.94. The van der Waals surface area contributed by atoms with Crippen molar-refractivity contribution in [3.8, 4) is 85.4 Å². The van der Waals surface area contributed by atoms with E-state index in [9.17, 15) is 10.5 Å². The molecule has 0 fully saturated rings. The lowest BCUT2D eigenvalue weighted by atomic mass is 9.96. The minimum atomic E-state index is 0.530. The first-order chi connectivity index (χ1) is 32.6.